The fourth-order valence-electron chi connectivity index (χ4n) is 2.46. The van der Waals surface area contributed by atoms with Gasteiger partial charge in [-0.2, -0.15) is 0 Å². The van der Waals surface area contributed by atoms with E-state index < -0.39 is 0 Å². The van der Waals surface area contributed by atoms with E-state index in [4.69, 9.17) is 4.42 Å². The molecule has 0 aliphatic rings. The predicted molar refractivity (Wildman–Crippen MR) is 85.8 cm³/mol. The largest absolute Gasteiger partial charge is 0.465 e. The summed E-state index contributed by atoms with van der Waals surface area (Å²) in [5.74, 6) is 2.81. The average molecular weight is 280 g/mol. The van der Waals surface area contributed by atoms with Gasteiger partial charge in [-0.05, 0) is 51.4 Å². The van der Waals surface area contributed by atoms with Crippen LogP contribution in [-0.4, -0.2) is 24.5 Å². The Labute approximate surface area is 124 Å². The Balaban J connectivity index is 2.55. The molecule has 3 heteroatoms. The highest BCUT2D eigenvalue weighted by atomic mass is 16.3. The predicted octanol–water partition coefficient (Wildman–Crippen LogP) is 3.96. The molecule has 0 amide bonds. The minimum Gasteiger partial charge on any atom is -0.465 e. The van der Waals surface area contributed by atoms with Crippen molar-refractivity contribution in [3.05, 3.63) is 23.2 Å². The molecule has 1 aromatic heterocycles. The van der Waals surface area contributed by atoms with Gasteiger partial charge in [-0.25, -0.2) is 0 Å². The minimum atomic E-state index is 0.676. The highest BCUT2D eigenvalue weighted by Gasteiger charge is 2.11. The van der Waals surface area contributed by atoms with Crippen molar-refractivity contribution in [2.45, 2.75) is 60.5 Å². The third-order valence-electron chi connectivity index (χ3n) is 3.40. The zero-order chi connectivity index (χ0) is 15.0. The number of nitrogens with zero attached hydrogens (tertiary/aromatic N) is 1. The topological polar surface area (TPSA) is 28.4 Å². The van der Waals surface area contributed by atoms with Gasteiger partial charge in [0.15, 0.2) is 0 Å². The lowest BCUT2D eigenvalue weighted by Crippen LogP contribution is -2.25. The van der Waals surface area contributed by atoms with Crippen molar-refractivity contribution in [2.24, 2.45) is 5.92 Å². The van der Waals surface area contributed by atoms with Crippen molar-refractivity contribution in [3.8, 4) is 0 Å². The number of aryl methyl sites for hydroxylation is 1. The van der Waals surface area contributed by atoms with Crippen molar-refractivity contribution in [3.63, 3.8) is 0 Å². The highest BCUT2D eigenvalue weighted by molar-refractivity contribution is 5.20. The van der Waals surface area contributed by atoms with E-state index in [2.05, 4.69) is 50.9 Å². The molecule has 0 saturated carbocycles. The lowest BCUT2D eigenvalue weighted by Gasteiger charge is -2.20. The molecule has 0 atom stereocenters. The summed E-state index contributed by atoms with van der Waals surface area (Å²) in [5, 5.41) is 3.44. The first-order valence-electron chi connectivity index (χ1n) is 8.08. The first kappa shape index (κ1) is 17.3. The lowest BCUT2D eigenvalue weighted by atomic mass is 10.2. The maximum Gasteiger partial charge on any atom is 0.118 e. The van der Waals surface area contributed by atoms with Gasteiger partial charge in [-0.15, -0.1) is 0 Å². The number of hydrogen-bond acceptors (Lipinski definition) is 3. The van der Waals surface area contributed by atoms with E-state index in [9.17, 15) is 0 Å². The van der Waals surface area contributed by atoms with E-state index in [1.807, 2.05) is 0 Å². The zero-order valence-electron chi connectivity index (χ0n) is 14.0. The summed E-state index contributed by atoms with van der Waals surface area (Å²) < 4.78 is 5.86. The second-order valence-corrected chi connectivity index (χ2v) is 6.10. The SMILES string of the molecule is CCCN(CCC)Cc1cc(CNCC(C)C)oc1C. The van der Waals surface area contributed by atoms with E-state index in [0.717, 1.165) is 31.2 Å². The Hall–Kier alpha value is -0.800. The zero-order valence-corrected chi connectivity index (χ0v) is 14.0. The van der Waals surface area contributed by atoms with Crippen LogP contribution in [-0.2, 0) is 13.1 Å². The van der Waals surface area contributed by atoms with Gasteiger partial charge in [-0.1, -0.05) is 27.7 Å². The van der Waals surface area contributed by atoms with Gasteiger partial charge in [-0.3, -0.25) is 4.90 Å². The smallest absolute Gasteiger partial charge is 0.118 e. The van der Waals surface area contributed by atoms with Crippen LogP contribution in [0, 0.1) is 12.8 Å². The van der Waals surface area contributed by atoms with Gasteiger partial charge in [0, 0.05) is 12.1 Å². The molecule has 0 aliphatic carbocycles. The lowest BCUT2D eigenvalue weighted by molar-refractivity contribution is 0.265. The van der Waals surface area contributed by atoms with Gasteiger partial charge in [0.25, 0.3) is 0 Å². The Bertz CT molecular complexity index is 365. The summed E-state index contributed by atoms with van der Waals surface area (Å²) in [6.45, 7) is 16.2. The Kier molecular flexibility index (Phi) is 7.93. The molecule has 116 valence electrons. The molecule has 0 aliphatic heterocycles. The summed E-state index contributed by atoms with van der Waals surface area (Å²) in [4.78, 5) is 2.52. The molecular weight excluding hydrogens is 248 g/mol. The molecule has 0 fully saturated rings. The number of hydrogen-bond donors (Lipinski definition) is 1. The molecule has 20 heavy (non-hydrogen) atoms. The Morgan fingerprint density at radius 1 is 1.20 bits per heavy atom. The van der Waals surface area contributed by atoms with Crippen molar-refractivity contribution in [1.82, 2.24) is 10.2 Å². The first-order valence-corrected chi connectivity index (χ1v) is 8.08. The fraction of sp³-hybridized carbons (Fsp3) is 0.765. The van der Waals surface area contributed by atoms with Crippen molar-refractivity contribution in [2.75, 3.05) is 19.6 Å². The van der Waals surface area contributed by atoms with Crippen LogP contribution >= 0.6 is 0 Å². The second kappa shape index (κ2) is 9.19. The highest BCUT2D eigenvalue weighted by Crippen LogP contribution is 2.17. The van der Waals surface area contributed by atoms with Crippen LogP contribution in [0.25, 0.3) is 0 Å². The molecule has 3 nitrogen and oxygen atoms in total. The van der Waals surface area contributed by atoms with Crippen molar-refractivity contribution >= 4 is 0 Å². The van der Waals surface area contributed by atoms with Crippen molar-refractivity contribution in [1.29, 1.82) is 0 Å². The molecule has 0 radical (unpaired) electrons. The summed E-state index contributed by atoms with van der Waals surface area (Å²) >= 11 is 0. The molecule has 0 aromatic carbocycles. The van der Waals surface area contributed by atoms with E-state index in [-0.39, 0.29) is 0 Å². The maximum atomic E-state index is 5.86. The van der Waals surface area contributed by atoms with Gasteiger partial charge < -0.3 is 9.73 Å². The van der Waals surface area contributed by atoms with Crippen LogP contribution in [0.4, 0.5) is 0 Å². The average Bonchev–Trinajstić information content (AvgIpc) is 2.70. The van der Waals surface area contributed by atoms with Crippen LogP contribution in [0.2, 0.25) is 0 Å². The summed E-state index contributed by atoms with van der Waals surface area (Å²) in [6.07, 6.45) is 2.42. The van der Waals surface area contributed by atoms with Crippen LogP contribution in [0.15, 0.2) is 10.5 Å². The number of rotatable bonds is 10. The third-order valence-corrected chi connectivity index (χ3v) is 3.40. The maximum absolute atomic E-state index is 5.86. The summed E-state index contributed by atoms with van der Waals surface area (Å²) in [5.41, 5.74) is 1.34. The van der Waals surface area contributed by atoms with Crippen LogP contribution in [0.1, 0.15) is 57.6 Å². The van der Waals surface area contributed by atoms with E-state index in [1.165, 1.54) is 31.5 Å². The normalized spacial score (nSPS) is 11.8. The molecule has 0 spiro atoms. The van der Waals surface area contributed by atoms with Crippen LogP contribution < -0.4 is 5.32 Å². The standard InChI is InChI=1S/C17H32N2O/c1-6-8-19(9-7-2)13-16-10-17(20-15(16)5)12-18-11-14(3)4/h10,14,18H,6-9,11-13H2,1-5H3. The Morgan fingerprint density at radius 3 is 2.40 bits per heavy atom. The number of nitrogens with one attached hydrogen (secondary N) is 1. The quantitative estimate of drug-likeness (QED) is 0.703. The van der Waals surface area contributed by atoms with E-state index in [1.54, 1.807) is 0 Å². The molecule has 0 bridgehead atoms. The molecule has 1 heterocycles. The van der Waals surface area contributed by atoms with Crippen molar-refractivity contribution < 1.29 is 4.42 Å². The molecule has 1 aromatic rings. The molecular formula is C17H32N2O. The van der Waals surface area contributed by atoms with Gasteiger partial charge in [0.1, 0.15) is 11.5 Å². The van der Waals surface area contributed by atoms with Gasteiger partial charge in [0.2, 0.25) is 0 Å². The van der Waals surface area contributed by atoms with Crippen LogP contribution in [0.3, 0.4) is 0 Å². The second-order valence-electron chi connectivity index (χ2n) is 6.10. The fourth-order valence-corrected chi connectivity index (χ4v) is 2.46. The van der Waals surface area contributed by atoms with E-state index >= 15 is 0 Å². The molecule has 0 unspecified atom stereocenters. The molecule has 1 N–H and O–H groups in total. The summed E-state index contributed by atoms with van der Waals surface area (Å²) in [7, 11) is 0. The first-order chi connectivity index (χ1) is 9.56. The minimum absolute atomic E-state index is 0.676. The molecule has 0 saturated heterocycles. The third kappa shape index (κ3) is 6.10. The van der Waals surface area contributed by atoms with Crippen LogP contribution in [0.5, 0.6) is 0 Å². The van der Waals surface area contributed by atoms with Gasteiger partial charge in [0.05, 0.1) is 6.54 Å². The van der Waals surface area contributed by atoms with Gasteiger partial charge >= 0.3 is 0 Å². The summed E-state index contributed by atoms with van der Waals surface area (Å²) in [6, 6.07) is 2.22. The monoisotopic (exact) mass is 280 g/mol. The molecule has 1 rings (SSSR count). The van der Waals surface area contributed by atoms with E-state index in [0.29, 0.717) is 5.92 Å². The Morgan fingerprint density at radius 2 is 1.85 bits per heavy atom. The number of furan rings is 1.